The average Bonchev–Trinajstić information content (AvgIpc) is 2.64. The Hall–Kier alpha value is -0.0800. The molecule has 0 amide bonds. The van der Waals surface area contributed by atoms with Crippen molar-refractivity contribution in [3.63, 3.8) is 0 Å². The van der Waals surface area contributed by atoms with Gasteiger partial charge in [-0.15, -0.1) is 0 Å². The Labute approximate surface area is 88.1 Å². The van der Waals surface area contributed by atoms with Crippen molar-refractivity contribution in [1.82, 2.24) is 10.2 Å². The van der Waals surface area contributed by atoms with Crippen LogP contribution in [0.2, 0.25) is 0 Å². The van der Waals surface area contributed by atoms with Crippen molar-refractivity contribution in [2.75, 3.05) is 13.1 Å². The molecule has 0 aromatic rings. The fraction of sp³-hybridized carbons (Fsp3) is 1.00. The minimum atomic E-state index is 0.776. The maximum absolute atomic E-state index is 3.60. The van der Waals surface area contributed by atoms with E-state index in [1.165, 1.54) is 45.2 Å². The van der Waals surface area contributed by atoms with Crippen LogP contribution in [0, 0.1) is 0 Å². The fourth-order valence-electron chi connectivity index (χ4n) is 3.00. The molecule has 2 aliphatic heterocycles. The Balaban J connectivity index is 1.86. The van der Waals surface area contributed by atoms with Crippen molar-refractivity contribution < 1.29 is 0 Å². The summed E-state index contributed by atoms with van der Waals surface area (Å²) >= 11 is 0. The standard InChI is InChI=1S/C12H24N2/c1-10-5-3-6-11(2)14(10)9-12-7-4-8-13-12/h10-13H,3-9H2,1-2H3/t10-,11-,12+/m1/s1. The Morgan fingerprint density at radius 2 is 1.79 bits per heavy atom. The zero-order chi connectivity index (χ0) is 9.97. The molecule has 0 radical (unpaired) electrons. The Kier molecular flexibility index (Phi) is 3.45. The summed E-state index contributed by atoms with van der Waals surface area (Å²) in [5, 5.41) is 3.60. The van der Waals surface area contributed by atoms with E-state index in [4.69, 9.17) is 0 Å². The van der Waals surface area contributed by atoms with Gasteiger partial charge in [-0.3, -0.25) is 4.90 Å². The van der Waals surface area contributed by atoms with Crippen molar-refractivity contribution in [1.29, 1.82) is 0 Å². The molecule has 3 atom stereocenters. The van der Waals surface area contributed by atoms with E-state index >= 15 is 0 Å². The first-order valence-electron chi connectivity index (χ1n) is 6.26. The number of hydrogen-bond donors (Lipinski definition) is 1. The second kappa shape index (κ2) is 4.63. The third kappa shape index (κ3) is 2.29. The zero-order valence-electron chi connectivity index (χ0n) is 9.63. The second-order valence-electron chi connectivity index (χ2n) is 5.12. The Bertz CT molecular complexity index is 165. The molecule has 0 bridgehead atoms. The van der Waals surface area contributed by atoms with Crippen LogP contribution in [-0.4, -0.2) is 36.1 Å². The molecule has 0 saturated carbocycles. The number of piperidine rings is 1. The van der Waals surface area contributed by atoms with E-state index in [9.17, 15) is 0 Å². The topological polar surface area (TPSA) is 15.3 Å². The van der Waals surface area contributed by atoms with Gasteiger partial charge in [0.1, 0.15) is 0 Å². The zero-order valence-corrected chi connectivity index (χ0v) is 9.63. The van der Waals surface area contributed by atoms with Gasteiger partial charge in [-0.1, -0.05) is 6.42 Å². The highest BCUT2D eigenvalue weighted by molar-refractivity contribution is 4.85. The molecule has 1 N–H and O–H groups in total. The van der Waals surface area contributed by atoms with E-state index in [-0.39, 0.29) is 0 Å². The number of nitrogens with one attached hydrogen (secondary N) is 1. The van der Waals surface area contributed by atoms with Crippen LogP contribution in [0.3, 0.4) is 0 Å². The molecule has 0 aliphatic carbocycles. The van der Waals surface area contributed by atoms with Crippen molar-refractivity contribution in [3.8, 4) is 0 Å². The SMILES string of the molecule is C[C@@H]1CCC[C@@H](C)N1C[C@@H]1CCCN1. The van der Waals surface area contributed by atoms with Crippen LogP contribution in [0.1, 0.15) is 46.0 Å². The van der Waals surface area contributed by atoms with Crippen LogP contribution >= 0.6 is 0 Å². The summed E-state index contributed by atoms with van der Waals surface area (Å²) in [5.41, 5.74) is 0. The van der Waals surface area contributed by atoms with Gasteiger partial charge in [0.05, 0.1) is 0 Å². The van der Waals surface area contributed by atoms with Gasteiger partial charge in [0.2, 0.25) is 0 Å². The maximum Gasteiger partial charge on any atom is 0.0195 e. The molecular weight excluding hydrogens is 172 g/mol. The lowest BCUT2D eigenvalue weighted by atomic mass is 9.96. The lowest BCUT2D eigenvalue weighted by Gasteiger charge is -2.40. The highest BCUT2D eigenvalue weighted by Crippen LogP contribution is 2.23. The van der Waals surface area contributed by atoms with Gasteiger partial charge in [-0.05, 0) is 46.1 Å². The first-order valence-corrected chi connectivity index (χ1v) is 6.26. The third-order valence-corrected chi connectivity index (χ3v) is 3.97. The van der Waals surface area contributed by atoms with Crippen molar-refractivity contribution in [2.45, 2.75) is 64.1 Å². The number of rotatable bonds is 2. The Morgan fingerprint density at radius 1 is 1.07 bits per heavy atom. The summed E-state index contributed by atoms with van der Waals surface area (Å²) in [5.74, 6) is 0. The summed E-state index contributed by atoms with van der Waals surface area (Å²) in [6.45, 7) is 7.30. The minimum absolute atomic E-state index is 0.776. The molecule has 2 heterocycles. The van der Waals surface area contributed by atoms with Gasteiger partial charge in [-0.25, -0.2) is 0 Å². The summed E-state index contributed by atoms with van der Waals surface area (Å²) in [7, 11) is 0. The fourth-order valence-corrected chi connectivity index (χ4v) is 3.00. The van der Waals surface area contributed by atoms with Crippen molar-refractivity contribution in [3.05, 3.63) is 0 Å². The molecule has 82 valence electrons. The van der Waals surface area contributed by atoms with Gasteiger partial charge in [0.25, 0.3) is 0 Å². The number of nitrogens with zero attached hydrogens (tertiary/aromatic N) is 1. The van der Waals surface area contributed by atoms with E-state index < -0.39 is 0 Å². The van der Waals surface area contributed by atoms with Crippen LogP contribution in [0.15, 0.2) is 0 Å². The molecule has 2 nitrogen and oxygen atoms in total. The van der Waals surface area contributed by atoms with Crippen LogP contribution in [0.5, 0.6) is 0 Å². The maximum atomic E-state index is 3.60. The average molecular weight is 196 g/mol. The summed E-state index contributed by atoms with van der Waals surface area (Å²) < 4.78 is 0. The lowest BCUT2D eigenvalue weighted by molar-refractivity contribution is 0.0936. The quantitative estimate of drug-likeness (QED) is 0.726. The van der Waals surface area contributed by atoms with Crippen LogP contribution < -0.4 is 5.32 Å². The second-order valence-corrected chi connectivity index (χ2v) is 5.12. The third-order valence-electron chi connectivity index (χ3n) is 3.97. The van der Waals surface area contributed by atoms with E-state index in [1.807, 2.05) is 0 Å². The first-order chi connectivity index (χ1) is 6.77. The molecule has 0 aromatic heterocycles. The van der Waals surface area contributed by atoms with Crippen LogP contribution in [0.25, 0.3) is 0 Å². The largest absolute Gasteiger partial charge is 0.313 e. The molecule has 2 rings (SSSR count). The van der Waals surface area contributed by atoms with Crippen molar-refractivity contribution in [2.24, 2.45) is 0 Å². The normalized spacial score (nSPS) is 40.3. The van der Waals surface area contributed by atoms with E-state index in [0.717, 1.165) is 18.1 Å². The van der Waals surface area contributed by atoms with Gasteiger partial charge >= 0.3 is 0 Å². The minimum Gasteiger partial charge on any atom is -0.313 e. The predicted molar refractivity (Wildman–Crippen MR) is 60.5 cm³/mol. The van der Waals surface area contributed by atoms with Gasteiger partial charge in [0.15, 0.2) is 0 Å². The number of likely N-dealkylation sites (tertiary alicyclic amines) is 1. The smallest absolute Gasteiger partial charge is 0.0195 e. The summed E-state index contributed by atoms with van der Waals surface area (Å²) in [6, 6.07) is 2.39. The van der Waals surface area contributed by atoms with Crippen LogP contribution in [-0.2, 0) is 0 Å². The predicted octanol–water partition coefficient (Wildman–Crippen LogP) is 2.00. The molecule has 2 fully saturated rings. The molecule has 2 aliphatic rings. The van der Waals surface area contributed by atoms with Gasteiger partial charge < -0.3 is 5.32 Å². The first kappa shape index (κ1) is 10.4. The lowest BCUT2D eigenvalue weighted by Crippen LogP contribution is -2.49. The molecule has 0 spiro atoms. The molecular formula is C12H24N2. The highest BCUT2D eigenvalue weighted by atomic mass is 15.2. The number of hydrogen-bond acceptors (Lipinski definition) is 2. The summed E-state index contributed by atoms with van der Waals surface area (Å²) in [6.07, 6.45) is 6.99. The van der Waals surface area contributed by atoms with E-state index in [1.54, 1.807) is 0 Å². The molecule has 0 aromatic carbocycles. The monoisotopic (exact) mass is 196 g/mol. The molecule has 2 heteroatoms. The van der Waals surface area contributed by atoms with Crippen molar-refractivity contribution >= 4 is 0 Å². The molecule has 14 heavy (non-hydrogen) atoms. The van der Waals surface area contributed by atoms with Gasteiger partial charge in [0, 0.05) is 24.7 Å². The van der Waals surface area contributed by atoms with Crippen LogP contribution in [0.4, 0.5) is 0 Å². The molecule has 2 saturated heterocycles. The Morgan fingerprint density at radius 3 is 2.36 bits per heavy atom. The van der Waals surface area contributed by atoms with E-state index in [2.05, 4.69) is 24.1 Å². The van der Waals surface area contributed by atoms with Gasteiger partial charge in [-0.2, -0.15) is 0 Å². The van der Waals surface area contributed by atoms with E-state index in [0.29, 0.717) is 0 Å². The molecule has 0 unspecified atom stereocenters. The highest BCUT2D eigenvalue weighted by Gasteiger charge is 2.27. The summed E-state index contributed by atoms with van der Waals surface area (Å²) in [4.78, 5) is 2.71.